The molecule has 4 nitrogen and oxygen atoms in total. The van der Waals surface area contributed by atoms with Crippen LogP contribution in [0.4, 0.5) is 0 Å². The van der Waals surface area contributed by atoms with Gasteiger partial charge in [0.15, 0.2) is 0 Å². The Morgan fingerprint density at radius 1 is 1.44 bits per heavy atom. The van der Waals surface area contributed by atoms with Gasteiger partial charge in [0.2, 0.25) is 0 Å². The molecular formula is C14H16N2O2. The van der Waals surface area contributed by atoms with Crippen LogP contribution in [0.1, 0.15) is 23.7 Å². The van der Waals surface area contributed by atoms with E-state index in [4.69, 9.17) is 0 Å². The predicted octanol–water partition coefficient (Wildman–Crippen LogP) is 1.76. The van der Waals surface area contributed by atoms with Gasteiger partial charge in [-0.05, 0) is 30.7 Å². The van der Waals surface area contributed by atoms with E-state index in [1.807, 2.05) is 37.4 Å². The molecule has 2 heterocycles. The summed E-state index contributed by atoms with van der Waals surface area (Å²) in [6, 6.07) is 7.57. The highest BCUT2D eigenvalue weighted by molar-refractivity contribution is 5.98. The van der Waals surface area contributed by atoms with Crippen molar-refractivity contribution in [2.75, 3.05) is 13.1 Å². The third kappa shape index (κ3) is 1.69. The fourth-order valence-electron chi connectivity index (χ4n) is 2.40. The molecule has 1 aliphatic rings. The first kappa shape index (κ1) is 11.3. The molecule has 1 aromatic carbocycles. The molecule has 0 atom stereocenters. The standard InChI is InChI=1S/C14H16N2O2/c1-2-14(18)8-16(9-14)13(17)11-3-4-12-10(7-11)5-6-15-12/h3-7,15,18H,2,8-9H2,1H3. The topological polar surface area (TPSA) is 56.3 Å². The molecule has 18 heavy (non-hydrogen) atoms. The van der Waals surface area contributed by atoms with Crippen molar-refractivity contribution in [2.24, 2.45) is 0 Å². The fourth-order valence-corrected chi connectivity index (χ4v) is 2.40. The SMILES string of the molecule is CCC1(O)CN(C(=O)c2ccc3[nH]ccc3c2)C1. The quantitative estimate of drug-likeness (QED) is 0.845. The van der Waals surface area contributed by atoms with Crippen LogP contribution in [0.15, 0.2) is 30.5 Å². The number of aromatic amines is 1. The number of amides is 1. The molecule has 0 radical (unpaired) electrons. The maximum absolute atomic E-state index is 12.2. The molecule has 94 valence electrons. The monoisotopic (exact) mass is 244 g/mol. The Labute approximate surface area is 105 Å². The molecule has 1 fully saturated rings. The van der Waals surface area contributed by atoms with Gasteiger partial charge in [0.05, 0.1) is 18.7 Å². The minimum atomic E-state index is -0.673. The molecule has 2 aromatic rings. The van der Waals surface area contributed by atoms with Gasteiger partial charge in [-0.1, -0.05) is 6.92 Å². The number of likely N-dealkylation sites (tertiary alicyclic amines) is 1. The van der Waals surface area contributed by atoms with E-state index in [-0.39, 0.29) is 5.91 Å². The summed E-state index contributed by atoms with van der Waals surface area (Å²) < 4.78 is 0. The van der Waals surface area contributed by atoms with Gasteiger partial charge in [0.1, 0.15) is 0 Å². The van der Waals surface area contributed by atoms with Gasteiger partial charge in [0, 0.05) is 22.7 Å². The molecule has 0 spiro atoms. The Kier molecular flexibility index (Phi) is 2.41. The predicted molar refractivity (Wildman–Crippen MR) is 69.4 cm³/mol. The summed E-state index contributed by atoms with van der Waals surface area (Å²) in [5.41, 5.74) is 1.04. The first-order valence-electron chi connectivity index (χ1n) is 6.20. The van der Waals surface area contributed by atoms with Crippen molar-refractivity contribution in [3.8, 4) is 0 Å². The summed E-state index contributed by atoms with van der Waals surface area (Å²) in [5, 5.41) is 11.0. The average molecular weight is 244 g/mol. The summed E-state index contributed by atoms with van der Waals surface area (Å²) in [6.45, 7) is 2.81. The number of aromatic nitrogens is 1. The van der Waals surface area contributed by atoms with Crippen molar-refractivity contribution in [1.82, 2.24) is 9.88 Å². The smallest absolute Gasteiger partial charge is 0.254 e. The average Bonchev–Trinajstić information content (AvgIpc) is 2.81. The Hall–Kier alpha value is -1.81. The Morgan fingerprint density at radius 2 is 2.22 bits per heavy atom. The lowest BCUT2D eigenvalue weighted by Crippen LogP contribution is -2.63. The zero-order valence-electron chi connectivity index (χ0n) is 10.3. The second-order valence-electron chi connectivity index (χ2n) is 5.02. The van der Waals surface area contributed by atoms with Gasteiger partial charge >= 0.3 is 0 Å². The molecule has 4 heteroatoms. The van der Waals surface area contributed by atoms with Crippen LogP contribution >= 0.6 is 0 Å². The number of carbonyl (C=O) groups excluding carboxylic acids is 1. The maximum atomic E-state index is 12.2. The number of fused-ring (bicyclic) bond motifs is 1. The van der Waals surface area contributed by atoms with Gasteiger partial charge in [-0.15, -0.1) is 0 Å². The van der Waals surface area contributed by atoms with Crippen molar-refractivity contribution in [2.45, 2.75) is 18.9 Å². The molecule has 3 rings (SSSR count). The van der Waals surface area contributed by atoms with Gasteiger partial charge in [-0.2, -0.15) is 0 Å². The lowest BCUT2D eigenvalue weighted by atomic mass is 9.90. The minimum absolute atomic E-state index is 0.00350. The van der Waals surface area contributed by atoms with Crippen molar-refractivity contribution in [3.05, 3.63) is 36.0 Å². The highest BCUT2D eigenvalue weighted by Gasteiger charge is 2.42. The van der Waals surface area contributed by atoms with Crippen LogP contribution in [0.5, 0.6) is 0 Å². The number of H-pyrrole nitrogens is 1. The van der Waals surface area contributed by atoms with Crippen molar-refractivity contribution in [1.29, 1.82) is 0 Å². The Balaban J connectivity index is 1.81. The highest BCUT2D eigenvalue weighted by atomic mass is 16.3. The van der Waals surface area contributed by atoms with E-state index in [0.29, 0.717) is 25.1 Å². The van der Waals surface area contributed by atoms with Gasteiger partial charge in [-0.3, -0.25) is 4.79 Å². The van der Waals surface area contributed by atoms with E-state index in [1.165, 1.54) is 0 Å². The fraction of sp³-hybridized carbons (Fsp3) is 0.357. The lowest BCUT2D eigenvalue weighted by Gasteiger charge is -2.46. The lowest BCUT2D eigenvalue weighted by molar-refractivity contribution is -0.0826. The van der Waals surface area contributed by atoms with Crippen LogP contribution in [0.3, 0.4) is 0 Å². The third-order valence-corrected chi connectivity index (χ3v) is 3.72. The van der Waals surface area contributed by atoms with E-state index in [9.17, 15) is 9.90 Å². The summed E-state index contributed by atoms with van der Waals surface area (Å²) >= 11 is 0. The number of aliphatic hydroxyl groups is 1. The van der Waals surface area contributed by atoms with Crippen LogP contribution in [0, 0.1) is 0 Å². The molecule has 0 saturated carbocycles. The van der Waals surface area contributed by atoms with Gasteiger partial charge < -0.3 is 15.0 Å². The number of β-amino-alcohol motifs (C(OH)–C–C–N with tert-alkyl or cyclic N) is 1. The van der Waals surface area contributed by atoms with Crippen LogP contribution in [0.25, 0.3) is 10.9 Å². The first-order valence-corrected chi connectivity index (χ1v) is 6.20. The van der Waals surface area contributed by atoms with Crippen molar-refractivity contribution >= 4 is 16.8 Å². The summed E-state index contributed by atoms with van der Waals surface area (Å²) in [7, 11) is 0. The van der Waals surface area contributed by atoms with E-state index in [0.717, 1.165) is 10.9 Å². The zero-order chi connectivity index (χ0) is 12.8. The summed E-state index contributed by atoms with van der Waals surface area (Å²) in [4.78, 5) is 17.0. The van der Waals surface area contributed by atoms with E-state index in [2.05, 4.69) is 4.98 Å². The summed E-state index contributed by atoms with van der Waals surface area (Å²) in [6.07, 6.45) is 2.55. The Morgan fingerprint density at radius 3 is 2.94 bits per heavy atom. The van der Waals surface area contributed by atoms with Crippen LogP contribution in [-0.4, -0.2) is 39.6 Å². The molecule has 1 aromatic heterocycles. The van der Waals surface area contributed by atoms with Crippen molar-refractivity contribution in [3.63, 3.8) is 0 Å². The van der Waals surface area contributed by atoms with Crippen LogP contribution in [0.2, 0.25) is 0 Å². The van der Waals surface area contributed by atoms with E-state index in [1.54, 1.807) is 4.90 Å². The normalized spacial score (nSPS) is 17.8. The zero-order valence-corrected chi connectivity index (χ0v) is 10.3. The summed E-state index contributed by atoms with van der Waals surface area (Å²) in [5.74, 6) is -0.00350. The molecular weight excluding hydrogens is 228 g/mol. The van der Waals surface area contributed by atoms with Crippen molar-refractivity contribution < 1.29 is 9.90 Å². The largest absolute Gasteiger partial charge is 0.386 e. The number of benzene rings is 1. The number of rotatable bonds is 2. The molecule has 0 aliphatic carbocycles. The van der Waals surface area contributed by atoms with E-state index >= 15 is 0 Å². The maximum Gasteiger partial charge on any atom is 0.254 e. The van der Waals surface area contributed by atoms with Crippen LogP contribution < -0.4 is 0 Å². The molecule has 0 unspecified atom stereocenters. The molecule has 2 N–H and O–H groups in total. The van der Waals surface area contributed by atoms with E-state index < -0.39 is 5.60 Å². The number of hydrogen-bond donors (Lipinski definition) is 2. The number of hydrogen-bond acceptors (Lipinski definition) is 2. The highest BCUT2D eigenvalue weighted by Crippen LogP contribution is 2.26. The first-order chi connectivity index (χ1) is 8.61. The molecule has 0 bridgehead atoms. The third-order valence-electron chi connectivity index (χ3n) is 3.72. The molecule has 1 amide bonds. The van der Waals surface area contributed by atoms with Crippen LogP contribution in [-0.2, 0) is 0 Å². The number of nitrogens with zero attached hydrogens (tertiary/aromatic N) is 1. The van der Waals surface area contributed by atoms with Gasteiger partial charge in [-0.25, -0.2) is 0 Å². The Bertz CT molecular complexity index is 597. The molecule has 1 saturated heterocycles. The minimum Gasteiger partial charge on any atom is -0.386 e. The number of carbonyl (C=O) groups is 1. The second kappa shape index (κ2) is 3.85. The second-order valence-corrected chi connectivity index (χ2v) is 5.02. The van der Waals surface area contributed by atoms with Gasteiger partial charge in [0.25, 0.3) is 5.91 Å². The number of nitrogens with one attached hydrogen (secondary N) is 1. The molecule has 1 aliphatic heterocycles.